The first kappa shape index (κ1) is 34.3. The first-order valence-corrected chi connectivity index (χ1v) is 17.9. The van der Waals surface area contributed by atoms with Crippen molar-refractivity contribution < 1.29 is 14.3 Å². The summed E-state index contributed by atoms with van der Waals surface area (Å²) in [4.78, 5) is 33.5. The van der Waals surface area contributed by atoms with Crippen molar-refractivity contribution in [3.8, 4) is 0 Å². The molecule has 0 radical (unpaired) electrons. The summed E-state index contributed by atoms with van der Waals surface area (Å²) in [6.45, 7) is 9.04. The van der Waals surface area contributed by atoms with E-state index in [2.05, 4.69) is 95.9 Å². The predicted molar refractivity (Wildman–Crippen MR) is 191 cm³/mol. The van der Waals surface area contributed by atoms with E-state index in [9.17, 15) is 9.59 Å². The van der Waals surface area contributed by atoms with Crippen molar-refractivity contribution in [2.45, 2.75) is 82.2 Å². The van der Waals surface area contributed by atoms with Crippen LogP contribution in [0.3, 0.4) is 0 Å². The summed E-state index contributed by atoms with van der Waals surface area (Å²) in [5.74, 6) is -0.0334. The Labute approximate surface area is 284 Å². The highest BCUT2D eigenvalue weighted by molar-refractivity contribution is 7.99. The molecule has 2 amide bonds. The van der Waals surface area contributed by atoms with Gasteiger partial charge in [0.25, 0.3) is 0 Å². The fourth-order valence-corrected chi connectivity index (χ4v) is 7.38. The Morgan fingerprint density at radius 1 is 0.894 bits per heavy atom. The van der Waals surface area contributed by atoms with Gasteiger partial charge in [-0.25, -0.2) is 9.78 Å². The number of nitrogens with one attached hydrogen (secondary N) is 1. The van der Waals surface area contributed by atoms with Gasteiger partial charge in [0, 0.05) is 24.0 Å². The Kier molecular flexibility index (Phi) is 11.1. The molecule has 3 aromatic carbocycles. The van der Waals surface area contributed by atoms with E-state index in [1.54, 1.807) is 0 Å². The quantitative estimate of drug-likeness (QED) is 0.169. The molecule has 5 rings (SSSR count). The van der Waals surface area contributed by atoms with Crippen LogP contribution < -0.4 is 5.32 Å². The molecule has 1 atom stereocenters. The van der Waals surface area contributed by atoms with Crippen molar-refractivity contribution in [2.24, 2.45) is 0 Å². The van der Waals surface area contributed by atoms with Crippen molar-refractivity contribution in [2.75, 3.05) is 19.3 Å². The number of carbonyl (C=O) groups excluding carboxylic acids is 2. The minimum Gasteiger partial charge on any atom is -0.444 e. The molecule has 0 bridgehead atoms. The second-order valence-electron chi connectivity index (χ2n) is 13.3. The van der Waals surface area contributed by atoms with Gasteiger partial charge >= 0.3 is 6.09 Å². The summed E-state index contributed by atoms with van der Waals surface area (Å²) in [6.07, 6.45) is 7.30. The van der Waals surface area contributed by atoms with Crippen LogP contribution in [-0.2, 0) is 21.5 Å². The molecule has 8 heteroatoms. The number of rotatable bonds is 11. The molecule has 1 aliphatic rings. The smallest absolute Gasteiger partial charge is 0.408 e. The van der Waals surface area contributed by atoms with Crippen LogP contribution in [-0.4, -0.2) is 62.7 Å². The largest absolute Gasteiger partial charge is 0.444 e. The summed E-state index contributed by atoms with van der Waals surface area (Å²) >= 11 is 1.86. The lowest BCUT2D eigenvalue weighted by molar-refractivity contribution is -0.134. The lowest BCUT2D eigenvalue weighted by Gasteiger charge is -2.38. The summed E-state index contributed by atoms with van der Waals surface area (Å²) < 4.78 is 7.84. The van der Waals surface area contributed by atoms with E-state index in [-0.39, 0.29) is 5.91 Å². The monoisotopic (exact) mass is 652 g/mol. The number of ether oxygens (including phenoxy) is 1. The highest BCUT2D eigenvalue weighted by Gasteiger charge is 2.39. The van der Waals surface area contributed by atoms with Crippen LogP contribution >= 0.6 is 11.8 Å². The Bertz CT molecular complexity index is 1500. The molecule has 0 saturated carbocycles. The second kappa shape index (κ2) is 15.2. The van der Waals surface area contributed by atoms with E-state index in [1.807, 2.05) is 62.0 Å². The third-order valence-electron chi connectivity index (χ3n) is 9.03. The fraction of sp³-hybridized carbons (Fsp3) is 0.410. The first-order chi connectivity index (χ1) is 22.6. The number of thioether (sulfide) groups is 1. The molecule has 248 valence electrons. The number of benzene rings is 3. The van der Waals surface area contributed by atoms with Crippen LogP contribution in [0, 0.1) is 6.92 Å². The number of likely N-dealkylation sites (tertiary alicyclic amines) is 1. The van der Waals surface area contributed by atoms with E-state index < -0.39 is 23.3 Å². The number of amides is 2. The number of aromatic nitrogens is 2. The molecular weight excluding hydrogens is 605 g/mol. The standard InChI is InChI=1S/C39H48N4O3S/c1-29-34(22-15-23-35(41-37(45)46-38(2,3)4)36(44)42-26-24-33(47-5)25-27-42)40-28-43(29)39(30-16-9-6-10-17-30,31-18-11-7-12-19-31)32-20-13-8-14-21-32/h6-14,16-21,28,33,35H,15,22-27H2,1-5H3,(H,41,45)/t35-/m0/s1. The van der Waals surface area contributed by atoms with E-state index >= 15 is 0 Å². The van der Waals surface area contributed by atoms with Crippen molar-refractivity contribution in [1.82, 2.24) is 19.8 Å². The van der Waals surface area contributed by atoms with Crippen LogP contribution in [0.5, 0.6) is 0 Å². The van der Waals surface area contributed by atoms with Gasteiger partial charge in [0.15, 0.2) is 0 Å². The maximum absolute atomic E-state index is 13.7. The van der Waals surface area contributed by atoms with Crippen LogP contribution in [0.2, 0.25) is 0 Å². The molecule has 4 aromatic rings. The van der Waals surface area contributed by atoms with Gasteiger partial charge in [-0.05, 0) is 82.7 Å². The van der Waals surface area contributed by atoms with Crippen LogP contribution in [0.4, 0.5) is 4.79 Å². The van der Waals surface area contributed by atoms with E-state index in [4.69, 9.17) is 9.72 Å². The maximum atomic E-state index is 13.7. The van der Waals surface area contributed by atoms with E-state index in [0.717, 1.165) is 40.9 Å². The van der Waals surface area contributed by atoms with Gasteiger partial charge in [-0.15, -0.1) is 0 Å². The number of carbonyl (C=O) groups is 2. The lowest BCUT2D eigenvalue weighted by atomic mass is 9.76. The molecule has 47 heavy (non-hydrogen) atoms. The topological polar surface area (TPSA) is 76.5 Å². The first-order valence-electron chi connectivity index (χ1n) is 16.6. The molecule has 1 aromatic heterocycles. The Morgan fingerprint density at radius 2 is 1.40 bits per heavy atom. The second-order valence-corrected chi connectivity index (χ2v) is 14.4. The molecule has 7 nitrogen and oxygen atoms in total. The number of piperidine rings is 1. The number of alkyl carbamates (subject to hydrolysis) is 1. The molecule has 1 aliphatic heterocycles. The number of nitrogens with zero attached hydrogens (tertiary/aromatic N) is 3. The fourth-order valence-electron chi connectivity index (χ4n) is 6.70. The molecule has 2 heterocycles. The molecule has 0 aliphatic carbocycles. The highest BCUT2D eigenvalue weighted by atomic mass is 32.2. The number of hydrogen-bond donors (Lipinski definition) is 1. The van der Waals surface area contributed by atoms with Crippen molar-refractivity contribution in [1.29, 1.82) is 0 Å². The van der Waals surface area contributed by atoms with Gasteiger partial charge in [0.05, 0.1) is 12.0 Å². The van der Waals surface area contributed by atoms with Crippen molar-refractivity contribution in [3.63, 3.8) is 0 Å². The summed E-state index contributed by atoms with van der Waals surface area (Å²) in [5.41, 5.74) is 4.16. The summed E-state index contributed by atoms with van der Waals surface area (Å²) in [7, 11) is 0. The molecule has 0 unspecified atom stereocenters. The zero-order valence-electron chi connectivity index (χ0n) is 28.3. The Morgan fingerprint density at radius 3 is 1.87 bits per heavy atom. The molecule has 0 spiro atoms. The molecule has 1 saturated heterocycles. The number of hydrogen-bond acceptors (Lipinski definition) is 5. The maximum Gasteiger partial charge on any atom is 0.408 e. The average Bonchev–Trinajstić information content (AvgIpc) is 3.44. The zero-order valence-corrected chi connectivity index (χ0v) is 29.1. The molecular formula is C39H48N4O3S. The Hall–Kier alpha value is -4.04. The average molecular weight is 653 g/mol. The van der Waals surface area contributed by atoms with Gasteiger partial charge in [0.2, 0.25) is 5.91 Å². The van der Waals surface area contributed by atoms with Crippen LogP contribution in [0.15, 0.2) is 97.3 Å². The molecule has 1 fully saturated rings. The van der Waals surface area contributed by atoms with Gasteiger partial charge in [-0.3, -0.25) is 4.79 Å². The minimum absolute atomic E-state index is 0.0334. The predicted octanol–water partition coefficient (Wildman–Crippen LogP) is 7.60. The number of aryl methyl sites for hydroxylation is 1. The Balaban J connectivity index is 1.42. The van der Waals surface area contributed by atoms with Gasteiger partial charge in [-0.2, -0.15) is 11.8 Å². The van der Waals surface area contributed by atoms with E-state index in [0.29, 0.717) is 37.6 Å². The highest BCUT2D eigenvalue weighted by Crippen LogP contribution is 2.42. The van der Waals surface area contributed by atoms with Crippen LogP contribution in [0.25, 0.3) is 0 Å². The van der Waals surface area contributed by atoms with Crippen LogP contribution in [0.1, 0.15) is 74.5 Å². The van der Waals surface area contributed by atoms with Crippen molar-refractivity contribution >= 4 is 23.8 Å². The third kappa shape index (κ3) is 7.92. The number of imidazole rings is 1. The third-order valence-corrected chi connectivity index (χ3v) is 10.2. The minimum atomic E-state index is -0.657. The normalized spacial score (nSPS) is 14.9. The van der Waals surface area contributed by atoms with Crippen molar-refractivity contribution in [3.05, 3.63) is 125 Å². The zero-order chi connectivity index (χ0) is 33.4. The summed E-state index contributed by atoms with van der Waals surface area (Å²) in [5, 5.41) is 3.48. The van der Waals surface area contributed by atoms with E-state index in [1.165, 1.54) is 0 Å². The van der Waals surface area contributed by atoms with Gasteiger partial charge in [-0.1, -0.05) is 91.0 Å². The molecule has 1 N–H and O–H groups in total. The van der Waals surface area contributed by atoms with Gasteiger partial charge < -0.3 is 19.5 Å². The lowest BCUT2D eigenvalue weighted by Crippen LogP contribution is -2.51. The SMILES string of the molecule is CSC1CCN(C(=O)[C@H](CCCc2ncn(C(c3ccccc3)(c3ccccc3)c3ccccc3)c2C)NC(=O)OC(C)(C)C)CC1. The van der Waals surface area contributed by atoms with Gasteiger partial charge in [0.1, 0.15) is 17.2 Å². The summed E-state index contributed by atoms with van der Waals surface area (Å²) in [6, 6.07) is 31.1.